The lowest BCUT2D eigenvalue weighted by atomic mass is 10.3. The monoisotopic (exact) mass is 344 g/mol. The molecule has 0 saturated heterocycles. The van der Waals surface area contributed by atoms with E-state index in [4.69, 9.17) is 4.43 Å². The van der Waals surface area contributed by atoms with Crippen LogP contribution >= 0.6 is 11.2 Å². The van der Waals surface area contributed by atoms with E-state index in [0.717, 1.165) is 12.2 Å². The first-order chi connectivity index (χ1) is 9.48. The summed E-state index contributed by atoms with van der Waals surface area (Å²) >= 11 is 1.97. The van der Waals surface area contributed by atoms with E-state index in [0.29, 0.717) is 5.82 Å². The predicted molar refractivity (Wildman–Crippen MR) is 92.5 cm³/mol. The number of hydrogen-bond acceptors (Lipinski definition) is 5. The van der Waals surface area contributed by atoms with Gasteiger partial charge in [0.2, 0.25) is 14.2 Å². The van der Waals surface area contributed by atoms with Gasteiger partial charge in [0.1, 0.15) is 18.6 Å². The Morgan fingerprint density at radius 3 is 2.38 bits per heavy atom. The lowest BCUT2D eigenvalue weighted by molar-refractivity contribution is 0.0693. The molecule has 0 aromatic carbocycles. The van der Waals surface area contributed by atoms with Crippen molar-refractivity contribution in [2.45, 2.75) is 45.7 Å². The smallest absolute Gasteiger partial charge is 0.342 e. The Kier molecular flexibility index (Phi) is 6.00. The molecule has 0 unspecified atom stereocenters. The molecule has 0 atom stereocenters. The van der Waals surface area contributed by atoms with Gasteiger partial charge in [-0.1, -0.05) is 19.6 Å². The van der Waals surface area contributed by atoms with Gasteiger partial charge >= 0.3 is 5.97 Å². The van der Waals surface area contributed by atoms with Crippen molar-refractivity contribution in [3.8, 4) is 5.88 Å². The van der Waals surface area contributed by atoms with Crippen molar-refractivity contribution in [3.63, 3.8) is 0 Å². The third-order valence-electron chi connectivity index (χ3n) is 2.30. The van der Waals surface area contributed by atoms with E-state index < -0.39 is 21.5 Å². The molecule has 118 valence electrons. The molecular formula is C13H24N2O3SSi2. The quantitative estimate of drug-likeness (QED) is 0.763. The first-order valence-corrected chi connectivity index (χ1v) is 15.5. The van der Waals surface area contributed by atoms with Crippen LogP contribution in [0.2, 0.25) is 39.3 Å². The van der Waals surface area contributed by atoms with Crippen LogP contribution in [0.25, 0.3) is 0 Å². The van der Waals surface area contributed by atoms with E-state index in [1.165, 1.54) is 6.20 Å². The largest absolute Gasteiger partial charge is 0.531 e. The van der Waals surface area contributed by atoms with Crippen LogP contribution in [0.15, 0.2) is 6.20 Å². The molecule has 0 bridgehead atoms. The summed E-state index contributed by atoms with van der Waals surface area (Å²) in [6.45, 7) is 12.9. The highest BCUT2D eigenvalue weighted by molar-refractivity contribution is 8.28. The molecule has 0 amide bonds. The van der Waals surface area contributed by atoms with Gasteiger partial charge in [-0.3, -0.25) is 0 Å². The van der Waals surface area contributed by atoms with Gasteiger partial charge in [0, 0.05) is 12.6 Å². The van der Waals surface area contributed by atoms with Crippen LogP contribution in [-0.4, -0.2) is 42.3 Å². The maximum absolute atomic E-state index is 11.2. The van der Waals surface area contributed by atoms with Crippen molar-refractivity contribution >= 4 is 32.7 Å². The van der Waals surface area contributed by atoms with Crippen molar-refractivity contribution < 1.29 is 14.3 Å². The van der Waals surface area contributed by atoms with Gasteiger partial charge < -0.3 is 9.53 Å². The van der Waals surface area contributed by atoms with Gasteiger partial charge in [-0.15, -0.1) is 0 Å². The van der Waals surface area contributed by atoms with Crippen LogP contribution in [0.4, 0.5) is 0 Å². The van der Waals surface area contributed by atoms with Gasteiger partial charge in [0.05, 0.1) is 0 Å². The minimum absolute atomic E-state index is 0.0408. The molecule has 0 aliphatic rings. The van der Waals surface area contributed by atoms with E-state index >= 15 is 0 Å². The third kappa shape index (κ3) is 7.10. The van der Waals surface area contributed by atoms with Gasteiger partial charge in [0.15, 0.2) is 0 Å². The van der Waals surface area contributed by atoms with E-state index in [1.54, 1.807) is 0 Å². The average molecular weight is 345 g/mol. The highest BCUT2D eigenvalue weighted by atomic mass is 32.4. The van der Waals surface area contributed by atoms with Gasteiger partial charge in [-0.25, -0.2) is 9.78 Å². The molecule has 1 aromatic heterocycles. The van der Waals surface area contributed by atoms with E-state index in [9.17, 15) is 9.90 Å². The SMILES string of the molecule is C[Si](C)(C)Oc1nc(CCS[Si](C)(C)C)ncc1C(=O)O. The average Bonchev–Trinajstić information content (AvgIpc) is 2.24. The van der Waals surface area contributed by atoms with Crippen LogP contribution < -0.4 is 4.43 Å². The Morgan fingerprint density at radius 1 is 1.29 bits per heavy atom. The topological polar surface area (TPSA) is 72.3 Å². The number of aromatic nitrogens is 2. The summed E-state index contributed by atoms with van der Waals surface area (Å²) < 4.78 is 5.79. The van der Waals surface area contributed by atoms with Crippen molar-refractivity contribution in [1.29, 1.82) is 0 Å². The van der Waals surface area contributed by atoms with Gasteiger partial charge in [-0.05, 0) is 25.4 Å². The molecule has 5 nitrogen and oxygen atoms in total. The molecule has 8 heteroatoms. The number of carbonyl (C=O) groups is 1. The molecule has 0 saturated carbocycles. The Bertz CT molecular complexity index is 513. The summed E-state index contributed by atoms with van der Waals surface area (Å²) in [4.78, 5) is 19.7. The zero-order valence-electron chi connectivity index (χ0n) is 13.6. The summed E-state index contributed by atoms with van der Waals surface area (Å²) in [7, 11) is -3.06. The Balaban J connectivity index is 2.88. The zero-order chi connectivity index (χ0) is 16.3. The van der Waals surface area contributed by atoms with Crippen molar-refractivity contribution in [1.82, 2.24) is 9.97 Å². The first-order valence-electron chi connectivity index (χ1n) is 6.90. The number of hydrogen-bond donors (Lipinski definition) is 1. The Labute approximate surface area is 132 Å². The van der Waals surface area contributed by atoms with Crippen LogP contribution in [0, 0.1) is 0 Å². The standard InChI is InChI=1S/C13H24N2O3SSi2/c1-20(2,3)18-12-10(13(16)17)9-14-11(15-12)7-8-19-21(4,5)6/h9H,7-8H2,1-6H3,(H,16,17). The number of rotatable bonds is 7. The third-order valence-corrected chi connectivity index (χ3v) is 7.59. The zero-order valence-corrected chi connectivity index (χ0v) is 16.4. The summed E-state index contributed by atoms with van der Waals surface area (Å²) in [6, 6.07) is 0. The fraction of sp³-hybridized carbons (Fsp3) is 0.615. The van der Waals surface area contributed by atoms with Crippen LogP contribution in [0.5, 0.6) is 5.88 Å². The van der Waals surface area contributed by atoms with E-state index in [1.807, 2.05) is 30.9 Å². The first kappa shape index (κ1) is 18.2. The van der Waals surface area contributed by atoms with E-state index in [2.05, 4.69) is 29.6 Å². The van der Waals surface area contributed by atoms with Crippen LogP contribution in [0.1, 0.15) is 16.2 Å². The number of carboxylic acid groups (broad SMARTS) is 1. The number of aryl methyl sites for hydroxylation is 1. The van der Waals surface area contributed by atoms with Crippen LogP contribution in [-0.2, 0) is 6.42 Å². The van der Waals surface area contributed by atoms with Crippen molar-refractivity contribution in [2.75, 3.05) is 5.75 Å². The van der Waals surface area contributed by atoms with Gasteiger partial charge in [0.25, 0.3) is 0 Å². The van der Waals surface area contributed by atoms with Crippen molar-refractivity contribution in [3.05, 3.63) is 17.6 Å². The second-order valence-electron chi connectivity index (χ2n) is 6.74. The Hall–Kier alpha value is -0.866. The second-order valence-corrected chi connectivity index (χ2v) is 20.6. The molecule has 21 heavy (non-hydrogen) atoms. The molecule has 1 aromatic rings. The number of aromatic carboxylic acids is 1. The molecule has 0 radical (unpaired) electrons. The predicted octanol–water partition coefficient (Wildman–Crippen LogP) is 3.50. The molecule has 0 spiro atoms. The highest BCUT2D eigenvalue weighted by Gasteiger charge is 2.23. The minimum atomic E-state index is -1.91. The second kappa shape index (κ2) is 6.93. The molecule has 1 rings (SSSR count). The maximum atomic E-state index is 11.2. The summed E-state index contributed by atoms with van der Waals surface area (Å²) in [5.41, 5.74) is 0.0408. The van der Waals surface area contributed by atoms with Crippen LogP contribution in [0.3, 0.4) is 0 Å². The highest BCUT2D eigenvalue weighted by Crippen LogP contribution is 2.22. The lowest BCUT2D eigenvalue weighted by Gasteiger charge is -2.20. The van der Waals surface area contributed by atoms with Crippen molar-refractivity contribution in [2.24, 2.45) is 0 Å². The fourth-order valence-electron chi connectivity index (χ4n) is 1.48. The molecule has 0 fully saturated rings. The normalized spacial score (nSPS) is 12.3. The maximum Gasteiger partial charge on any atom is 0.342 e. The van der Waals surface area contributed by atoms with E-state index in [-0.39, 0.29) is 11.4 Å². The van der Waals surface area contributed by atoms with Gasteiger partial charge in [-0.2, -0.15) is 16.2 Å². The molecule has 0 aliphatic heterocycles. The summed E-state index contributed by atoms with van der Waals surface area (Å²) in [5.74, 6) is 0.768. The minimum Gasteiger partial charge on any atom is -0.531 e. The molecule has 1 N–H and O–H groups in total. The fourth-order valence-corrected chi connectivity index (χ4v) is 5.26. The summed E-state index contributed by atoms with van der Waals surface area (Å²) in [6.07, 6.45) is 2.09. The Morgan fingerprint density at radius 2 is 1.90 bits per heavy atom. The summed E-state index contributed by atoms with van der Waals surface area (Å²) in [5, 5.41) is 9.19. The number of carboxylic acids is 1. The molecule has 1 heterocycles. The lowest BCUT2D eigenvalue weighted by Crippen LogP contribution is -2.31. The molecule has 0 aliphatic carbocycles. The molecular weight excluding hydrogens is 320 g/mol. The number of nitrogens with zero attached hydrogens (tertiary/aromatic N) is 2.